The van der Waals surface area contributed by atoms with E-state index in [1.165, 1.54) is 5.56 Å². The van der Waals surface area contributed by atoms with Crippen molar-refractivity contribution >= 4 is 21.9 Å². The van der Waals surface area contributed by atoms with Gasteiger partial charge in [-0.15, -0.1) is 0 Å². The lowest BCUT2D eigenvalue weighted by atomic mass is 10.2. The second-order valence-electron chi connectivity index (χ2n) is 4.83. The maximum atomic E-state index is 4.53. The van der Waals surface area contributed by atoms with E-state index in [0.717, 1.165) is 21.8 Å². The number of anilines is 1. The molecule has 18 heavy (non-hydrogen) atoms. The molecule has 2 aromatic rings. The van der Waals surface area contributed by atoms with Gasteiger partial charge < -0.3 is 5.32 Å². The minimum Gasteiger partial charge on any atom is -0.353 e. The second kappa shape index (κ2) is 5.14. The molecule has 0 bridgehead atoms. The van der Waals surface area contributed by atoms with Crippen LogP contribution in [0.4, 0.5) is 5.95 Å². The van der Waals surface area contributed by atoms with E-state index in [2.05, 4.69) is 69.8 Å². The Balaban J connectivity index is 2.52. The van der Waals surface area contributed by atoms with Gasteiger partial charge in [0.1, 0.15) is 0 Å². The van der Waals surface area contributed by atoms with Crippen molar-refractivity contribution in [2.45, 2.75) is 33.7 Å². The van der Waals surface area contributed by atoms with Gasteiger partial charge >= 0.3 is 0 Å². The van der Waals surface area contributed by atoms with Crippen LogP contribution in [0.5, 0.6) is 0 Å². The molecule has 0 saturated heterocycles. The molecule has 0 amide bonds. The van der Waals surface area contributed by atoms with E-state index in [4.69, 9.17) is 0 Å². The molecule has 0 aliphatic heterocycles. The summed E-state index contributed by atoms with van der Waals surface area (Å²) in [6.07, 6.45) is 2.05. The maximum Gasteiger partial charge on any atom is 0.207 e. The standard InChI is InChI=1S/C14H18BrN3/c1-9(2)16-14-17-11(4)8-18(14)13-7-10(3)5-6-12(13)15/h5-9H,1-4H3,(H,16,17). The minimum absolute atomic E-state index is 0.356. The van der Waals surface area contributed by atoms with Crippen LogP contribution >= 0.6 is 15.9 Å². The third-order valence-electron chi connectivity index (χ3n) is 2.61. The van der Waals surface area contributed by atoms with Crippen LogP contribution in [0.25, 0.3) is 5.69 Å². The fraction of sp³-hybridized carbons (Fsp3) is 0.357. The highest BCUT2D eigenvalue weighted by Crippen LogP contribution is 2.26. The number of imidazole rings is 1. The zero-order valence-corrected chi connectivity index (χ0v) is 12.7. The number of hydrogen-bond donors (Lipinski definition) is 1. The van der Waals surface area contributed by atoms with Crippen molar-refractivity contribution in [3.63, 3.8) is 0 Å². The molecule has 1 aromatic heterocycles. The molecule has 0 spiro atoms. The predicted molar refractivity (Wildman–Crippen MR) is 79.5 cm³/mol. The van der Waals surface area contributed by atoms with E-state index in [9.17, 15) is 0 Å². The van der Waals surface area contributed by atoms with E-state index >= 15 is 0 Å². The molecule has 0 radical (unpaired) electrons. The van der Waals surface area contributed by atoms with Gasteiger partial charge in [0.2, 0.25) is 5.95 Å². The van der Waals surface area contributed by atoms with Gasteiger partial charge in [-0.2, -0.15) is 0 Å². The summed E-state index contributed by atoms with van der Waals surface area (Å²) in [7, 11) is 0. The van der Waals surface area contributed by atoms with Gasteiger partial charge in [0, 0.05) is 16.7 Å². The van der Waals surface area contributed by atoms with Gasteiger partial charge in [-0.25, -0.2) is 4.98 Å². The van der Waals surface area contributed by atoms with Crippen LogP contribution in [0.1, 0.15) is 25.1 Å². The monoisotopic (exact) mass is 307 g/mol. The van der Waals surface area contributed by atoms with Crippen molar-refractivity contribution in [3.8, 4) is 5.69 Å². The Labute approximate surface area is 116 Å². The Bertz CT molecular complexity index is 558. The average Bonchev–Trinajstić information content (AvgIpc) is 2.62. The molecule has 1 aromatic carbocycles. The largest absolute Gasteiger partial charge is 0.353 e. The van der Waals surface area contributed by atoms with Crippen LogP contribution in [0.15, 0.2) is 28.9 Å². The Morgan fingerprint density at radius 2 is 2.00 bits per heavy atom. The highest BCUT2D eigenvalue weighted by atomic mass is 79.9. The molecule has 3 nitrogen and oxygen atoms in total. The van der Waals surface area contributed by atoms with Gasteiger partial charge in [0.05, 0.1) is 11.4 Å². The first-order valence-electron chi connectivity index (χ1n) is 6.06. The summed E-state index contributed by atoms with van der Waals surface area (Å²) < 4.78 is 3.16. The molecular formula is C14H18BrN3. The van der Waals surface area contributed by atoms with Crippen molar-refractivity contribution in [3.05, 3.63) is 40.1 Å². The number of rotatable bonds is 3. The third-order valence-corrected chi connectivity index (χ3v) is 3.28. The smallest absolute Gasteiger partial charge is 0.207 e. The van der Waals surface area contributed by atoms with Crippen LogP contribution in [0.3, 0.4) is 0 Å². The summed E-state index contributed by atoms with van der Waals surface area (Å²) >= 11 is 3.60. The van der Waals surface area contributed by atoms with Crippen LogP contribution in [-0.4, -0.2) is 15.6 Å². The summed E-state index contributed by atoms with van der Waals surface area (Å²) in [5.74, 6) is 0.883. The summed E-state index contributed by atoms with van der Waals surface area (Å²) in [6.45, 7) is 8.32. The zero-order valence-electron chi connectivity index (χ0n) is 11.2. The summed E-state index contributed by atoms with van der Waals surface area (Å²) in [4.78, 5) is 4.53. The SMILES string of the molecule is Cc1ccc(Br)c(-n2cc(C)nc2NC(C)C)c1. The summed E-state index contributed by atoms with van der Waals surface area (Å²) in [6, 6.07) is 6.66. The first kappa shape index (κ1) is 13.1. The highest BCUT2D eigenvalue weighted by molar-refractivity contribution is 9.10. The van der Waals surface area contributed by atoms with Crippen LogP contribution in [0, 0.1) is 13.8 Å². The Hall–Kier alpha value is -1.29. The molecule has 0 fully saturated rings. The zero-order chi connectivity index (χ0) is 13.3. The van der Waals surface area contributed by atoms with Crippen molar-refractivity contribution in [1.29, 1.82) is 0 Å². The number of nitrogens with zero attached hydrogens (tertiary/aromatic N) is 2. The van der Waals surface area contributed by atoms with Crippen molar-refractivity contribution < 1.29 is 0 Å². The molecule has 0 unspecified atom stereocenters. The Morgan fingerprint density at radius 1 is 1.28 bits per heavy atom. The number of aromatic nitrogens is 2. The summed E-state index contributed by atoms with van der Waals surface area (Å²) in [5, 5.41) is 3.37. The van der Waals surface area contributed by atoms with E-state index in [1.807, 2.05) is 13.1 Å². The quantitative estimate of drug-likeness (QED) is 0.926. The van der Waals surface area contributed by atoms with Crippen molar-refractivity contribution in [2.24, 2.45) is 0 Å². The fourth-order valence-electron chi connectivity index (χ4n) is 1.85. The Kier molecular flexibility index (Phi) is 3.76. The molecule has 2 rings (SSSR count). The number of aryl methyl sites for hydroxylation is 2. The molecule has 4 heteroatoms. The van der Waals surface area contributed by atoms with Gasteiger partial charge in [-0.3, -0.25) is 4.57 Å². The molecule has 0 atom stereocenters. The molecule has 1 heterocycles. The van der Waals surface area contributed by atoms with Gasteiger partial charge in [-0.1, -0.05) is 6.07 Å². The van der Waals surface area contributed by atoms with Crippen LogP contribution < -0.4 is 5.32 Å². The average molecular weight is 308 g/mol. The highest BCUT2D eigenvalue weighted by Gasteiger charge is 2.11. The minimum atomic E-state index is 0.356. The molecule has 0 aliphatic rings. The van der Waals surface area contributed by atoms with Crippen molar-refractivity contribution in [1.82, 2.24) is 9.55 Å². The molecule has 0 saturated carbocycles. The predicted octanol–water partition coefficient (Wildman–Crippen LogP) is 4.07. The number of hydrogen-bond acceptors (Lipinski definition) is 2. The molecule has 96 valence electrons. The lowest BCUT2D eigenvalue weighted by Gasteiger charge is -2.13. The fourth-order valence-corrected chi connectivity index (χ4v) is 2.29. The van der Waals surface area contributed by atoms with E-state index in [1.54, 1.807) is 0 Å². The third kappa shape index (κ3) is 2.75. The number of benzene rings is 1. The van der Waals surface area contributed by atoms with E-state index in [0.29, 0.717) is 6.04 Å². The normalized spacial score (nSPS) is 11.0. The maximum absolute atomic E-state index is 4.53. The molecular weight excluding hydrogens is 290 g/mol. The van der Waals surface area contributed by atoms with E-state index < -0.39 is 0 Å². The van der Waals surface area contributed by atoms with Crippen molar-refractivity contribution in [2.75, 3.05) is 5.32 Å². The lowest BCUT2D eigenvalue weighted by molar-refractivity contribution is 0.863. The molecule has 0 aliphatic carbocycles. The second-order valence-corrected chi connectivity index (χ2v) is 5.68. The first-order valence-corrected chi connectivity index (χ1v) is 6.85. The Morgan fingerprint density at radius 3 is 2.67 bits per heavy atom. The summed E-state index contributed by atoms with van der Waals surface area (Å²) in [5.41, 5.74) is 3.35. The lowest BCUT2D eigenvalue weighted by Crippen LogP contribution is -2.14. The van der Waals surface area contributed by atoms with Crippen LogP contribution in [0.2, 0.25) is 0 Å². The topological polar surface area (TPSA) is 29.9 Å². The first-order chi connectivity index (χ1) is 8.47. The number of nitrogens with one attached hydrogen (secondary N) is 1. The van der Waals surface area contributed by atoms with Gasteiger partial charge in [0.25, 0.3) is 0 Å². The molecule has 1 N–H and O–H groups in total. The van der Waals surface area contributed by atoms with E-state index in [-0.39, 0.29) is 0 Å². The van der Waals surface area contributed by atoms with Gasteiger partial charge in [0.15, 0.2) is 0 Å². The van der Waals surface area contributed by atoms with Crippen LogP contribution in [-0.2, 0) is 0 Å². The number of halogens is 1. The van der Waals surface area contributed by atoms with Gasteiger partial charge in [-0.05, 0) is 61.3 Å².